The van der Waals surface area contributed by atoms with Gasteiger partial charge in [0.1, 0.15) is 0 Å². The minimum absolute atomic E-state index is 0.341. The summed E-state index contributed by atoms with van der Waals surface area (Å²) in [5.41, 5.74) is 11.7. The SMILES string of the molecule is NC1CCC(Nc2nc(NN3CCC(CC4CCCCC4)CC3)c3ncn(C4CCCC4)c3n2)CC1. The van der Waals surface area contributed by atoms with Gasteiger partial charge >= 0.3 is 0 Å². The van der Waals surface area contributed by atoms with Gasteiger partial charge in [0, 0.05) is 31.2 Å². The number of hydrogen-bond donors (Lipinski definition) is 3. The molecule has 1 saturated heterocycles. The van der Waals surface area contributed by atoms with Crippen molar-refractivity contribution in [3.8, 4) is 0 Å². The minimum Gasteiger partial charge on any atom is -0.351 e. The largest absolute Gasteiger partial charge is 0.351 e. The van der Waals surface area contributed by atoms with Gasteiger partial charge < -0.3 is 21.0 Å². The van der Waals surface area contributed by atoms with Crippen LogP contribution in [0.2, 0.25) is 0 Å². The molecule has 0 spiro atoms. The highest BCUT2D eigenvalue weighted by molar-refractivity contribution is 5.84. The molecule has 4 aliphatic rings. The number of imidazole rings is 1. The van der Waals surface area contributed by atoms with E-state index in [1.807, 2.05) is 6.33 Å². The summed E-state index contributed by atoms with van der Waals surface area (Å²) in [7, 11) is 0. The number of hydrogen-bond acceptors (Lipinski definition) is 7. The second-order valence-electron chi connectivity index (χ2n) is 12.2. The molecular formula is C28H46N8. The molecule has 3 aliphatic carbocycles. The quantitative estimate of drug-likeness (QED) is 0.459. The summed E-state index contributed by atoms with van der Waals surface area (Å²) < 4.78 is 2.31. The molecule has 0 atom stereocenters. The third-order valence-electron chi connectivity index (χ3n) is 9.51. The van der Waals surface area contributed by atoms with E-state index in [-0.39, 0.29) is 0 Å². The Labute approximate surface area is 216 Å². The van der Waals surface area contributed by atoms with Crippen LogP contribution in [0.4, 0.5) is 11.8 Å². The van der Waals surface area contributed by atoms with Crippen molar-refractivity contribution in [1.29, 1.82) is 0 Å². The minimum atomic E-state index is 0.341. The molecule has 6 rings (SSSR count). The van der Waals surface area contributed by atoms with Crippen LogP contribution in [-0.2, 0) is 0 Å². The van der Waals surface area contributed by atoms with Gasteiger partial charge in [0.25, 0.3) is 0 Å². The van der Waals surface area contributed by atoms with Gasteiger partial charge in [-0.1, -0.05) is 44.9 Å². The zero-order chi connectivity index (χ0) is 24.3. The van der Waals surface area contributed by atoms with E-state index in [0.29, 0.717) is 18.1 Å². The summed E-state index contributed by atoms with van der Waals surface area (Å²) in [6.07, 6.45) is 22.6. The Hall–Kier alpha value is -1.93. The molecule has 0 bridgehead atoms. The van der Waals surface area contributed by atoms with E-state index in [1.54, 1.807) is 0 Å². The molecule has 36 heavy (non-hydrogen) atoms. The fourth-order valence-corrected chi connectivity index (χ4v) is 7.28. The average Bonchev–Trinajstić information content (AvgIpc) is 3.58. The van der Waals surface area contributed by atoms with Crippen molar-refractivity contribution >= 4 is 22.9 Å². The first-order valence-corrected chi connectivity index (χ1v) is 15.0. The Morgan fingerprint density at radius 3 is 2.25 bits per heavy atom. The first-order chi connectivity index (χ1) is 17.7. The monoisotopic (exact) mass is 494 g/mol. The van der Waals surface area contributed by atoms with Gasteiger partial charge in [0.05, 0.1) is 6.33 Å². The van der Waals surface area contributed by atoms with Crippen molar-refractivity contribution in [2.24, 2.45) is 17.6 Å². The fourth-order valence-electron chi connectivity index (χ4n) is 7.28. The maximum absolute atomic E-state index is 6.14. The van der Waals surface area contributed by atoms with Crippen LogP contribution in [0.1, 0.15) is 109 Å². The maximum atomic E-state index is 6.14. The van der Waals surface area contributed by atoms with E-state index in [9.17, 15) is 0 Å². The maximum Gasteiger partial charge on any atom is 0.227 e. The van der Waals surface area contributed by atoms with Crippen LogP contribution in [0.3, 0.4) is 0 Å². The molecule has 0 aromatic carbocycles. The summed E-state index contributed by atoms with van der Waals surface area (Å²) in [5.74, 6) is 3.45. The van der Waals surface area contributed by atoms with E-state index < -0.39 is 0 Å². The second-order valence-corrected chi connectivity index (χ2v) is 12.2. The van der Waals surface area contributed by atoms with Gasteiger partial charge in [-0.15, -0.1) is 0 Å². The zero-order valence-corrected chi connectivity index (χ0v) is 22.0. The lowest BCUT2D eigenvalue weighted by Gasteiger charge is -2.34. The number of nitrogens with one attached hydrogen (secondary N) is 2. The molecule has 0 amide bonds. The van der Waals surface area contributed by atoms with Crippen LogP contribution < -0.4 is 16.5 Å². The van der Waals surface area contributed by atoms with Crippen LogP contribution >= 0.6 is 0 Å². The molecule has 1 aliphatic heterocycles. The van der Waals surface area contributed by atoms with Gasteiger partial charge in [-0.05, 0) is 69.6 Å². The third kappa shape index (κ3) is 5.64. The first kappa shape index (κ1) is 24.4. The third-order valence-corrected chi connectivity index (χ3v) is 9.51. The Balaban J connectivity index is 1.16. The Morgan fingerprint density at radius 2 is 1.50 bits per heavy atom. The molecule has 198 valence electrons. The van der Waals surface area contributed by atoms with Gasteiger partial charge in [-0.2, -0.15) is 9.97 Å². The summed E-state index contributed by atoms with van der Waals surface area (Å²) in [5, 5.41) is 6.03. The smallest absolute Gasteiger partial charge is 0.227 e. The van der Waals surface area contributed by atoms with Crippen LogP contribution in [0.15, 0.2) is 6.33 Å². The first-order valence-electron chi connectivity index (χ1n) is 15.0. The van der Waals surface area contributed by atoms with Crippen molar-refractivity contribution < 1.29 is 0 Å². The van der Waals surface area contributed by atoms with Gasteiger partial charge in [-0.25, -0.2) is 9.99 Å². The van der Waals surface area contributed by atoms with Crippen LogP contribution in [0, 0.1) is 11.8 Å². The van der Waals surface area contributed by atoms with Crippen molar-refractivity contribution in [2.75, 3.05) is 23.8 Å². The number of piperidine rings is 1. The molecule has 2 aromatic heterocycles. The number of hydrazine groups is 1. The predicted octanol–water partition coefficient (Wildman–Crippen LogP) is 5.63. The lowest BCUT2D eigenvalue weighted by molar-refractivity contribution is 0.180. The predicted molar refractivity (Wildman–Crippen MR) is 146 cm³/mol. The fraction of sp³-hybridized carbons (Fsp3) is 0.821. The standard InChI is InChI=1S/C28H46N8/c29-22-10-12-23(13-11-22)31-28-32-26(25-27(33-28)36(19-30-25)24-8-4-5-9-24)34-35-16-14-21(15-17-35)18-20-6-2-1-3-7-20/h19-24H,1-18,29H2,(H2,31,32,33,34). The number of nitrogens with two attached hydrogens (primary N) is 1. The lowest BCUT2D eigenvalue weighted by atomic mass is 9.80. The molecule has 4 N–H and O–H groups in total. The molecular weight excluding hydrogens is 448 g/mol. The zero-order valence-electron chi connectivity index (χ0n) is 22.0. The highest BCUT2D eigenvalue weighted by Crippen LogP contribution is 2.35. The highest BCUT2D eigenvalue weighted by Gasteiger charge is 2.27. The number of nitrogens with zero attached hydrogens (tertiary/aromatic N) is 5. The van der Waals surface area contributed by atoms with Gasteiger partial charge in [0.15, 0.2) is 17.0 Å². The van der Waals surface area contributed by atoms with E-state index in [2.05, 4.69) is 20.3 Å². The van der Waals surface area contributed by atoms with Crippen LogP contribution in [0.25, 0.3) is 11.2 Å². The lowest BCUT2D eigenvalue weighted by Crippen LogP contribution is -2.39. The topological polar surface area (TPSA) is 96.9 Å². The second kappa shape index (κ2) is 11.2. The van der Waals surface area contributed by atoms with E-state index >= 15 is 0 Å². The summed E-state index contributed by atoms with van der Waals surface area (Å²) in [6, 6.07) is 1.25. The number of rotatable bonds is 7. The Morgan fingerprint density at radius 1 is 0.806 bits per heavy atom. The summed E-state index contributed by atoms with van der Waals surface area (Å²) in [6.45, 7) is 2.16. The highest BCUT2D eigenvalue weighted by atomic mass is 15.5. The van der Waals surface area contributed by atoms with Crippen molar-refractivity contribution in [1.82, 2.24) is 24.5 Å². The molecule has 8 heteroatoms. The van der Waals surface area contributed by atoms with E-state index in [0.717, 1.165) is 73.5 Å². The summed E-state index contributed by atoms with van der Waals surface area (Å²) in [4.78, 5) is 14.8. The Bertz CT molecular complexity index is 977. The van der Waals surface area contributed by atoms with E-state index in [1.165, 1.54) is 77.0 Å². The Kier molecular flexibility index (Phi) is 7.60. The number of aromatic nitrogens is 4. The molecule has 0 radical (unpaired) electrons. The van der Waals surface area contributed by atoms with Crippen LogP contribution in [0.5, 0.6) is 0 Å². The molecule has 4 fully saturated rings. The van der Waals surface area contributed by atoms with Crippen molar-refractivity contribution in [2.45, 2.75) is 121 Å². The van der Waals surface area contributed by atoms with Crippen LogP contribution in [-0.4, -0.2) is 49.7 Å². The summed E-state index contributed by atoms with van der Waals surface area (Å²) >= 11 is 0. The van der Waals surface area contributed by atoms with Crippen molar-refractivity contribution in [3.05, 3.63) is 6.33 Å². The van der Waals surface area contributed by atoms with Gasteiger partial charge in [-0.3, -0.25) is 0 Å². The van der Waals surface area contributed by atoms with Gasteiger partial charge in [0.2, 0.25) is 5.95 Å². The molecule has 0 unspecified atom stereocenters. The normalized spacial score (nSPS) is 27.6. The number of anilines is 2. The molecule has 8 nitrogen and oxygen atoms in total. The number of fused-ring (bicyclic) bond motifs is 1. The molecule has 3 saturated carbocycles. The van der Waals surface area contributed by atoms with Crippen molar-refractivity contribution in [3.63, 3.8) is 0 Å². The van der Waals surface area contributed by atoms with E-state index in [4.69, 9.17) is 20.7 Å². The molecule has 2 aromatic rings. The average molecular weight is 495 g/mol. The molecule has 3 heterocycles.